The fourth-order valence-corrected chi connectivity index (χ4v) is 1.17. The summed E-state index contributed by atoms with van der Waals surface area (Å²) in [6.07, 6.45) is 0.613. The first-order chi connectivity index (χ1) is 7.34. The topological polar surface area (TPSA) is 83.8 Å². The standard InChI is InChI=1S/C11H20N4O/c1-5-7(12)10(16)13-9-6-8(14-15-9)11(2,3)4/h6-7H,5,12H2,1-4H3,(H2,13,14,15,16). The molecule has 0 aliphatic carbocycles. The van der Waals surface area contributed by atoms with Crippen LogP contribution in [0.15, 0.2) is 6.07 Å². The van der Waals surface area contributed by atoms with Crippen molar-refractivity contribution in [2.75, 3.05) is 5.32 Å². The second-order valence-electron chi connectivity index (χ2n) is 4.92. The van der Waals surface area contributed by atoms with Crippen molar-refractivity contribution in [2.45, 2.75) is 45.6 Å². The van der Waals surface area contributed by atoms with E-state index in [0.29, 0.717) is 12.2 Å². The van der Waals surface area contributed by atoms with Gasteiger partial charge in [0.2, 0.25) is 5.91 Å². The molecule has 1 unspecified atom stereocenters. The van der Waals surface area contributed by atoms with Crippen molar-refractivity contribution in [1.82, 2.24) is 10.2 Å². The molecule has 1 heterocycles. The van der Waals surface area contributed by atoms with Crippen LogP contribution in [0, 0.1) is 0 Å². The molecule has 0 aromatic carbocycles. The fraction of sp³-hybridized carbons (Fsp3) is 0.636. The number of amides is 1. The summed E-state index contributed by atoms with van der Waals surface area (Å²) >= 11 is 0. The SMILES string of the molecule is CCC(N)C(=O)Nc1cc(C(C)(C)C)[nH]n1. The molecule has 1 atom stereocenters. The molecule has 0 saturated heterocycles. The lowest BCUT2D eigenvalue weighted by atomic mass is 9.92. The van der Waals surface area contributed by atoms with Crippen LogP contribution in [0.5, 0.6) is 0 Å². The van der Waals surface area contributed by atoms with Crippen LogP contribution >= 0.6 is 0 Å². The molecule has 0 saturated carbocycles. The Morgan fingerprint density at radius 2 is 2.25 bits per heavy atom. The normalized spacial score (nSPS) is 13.6. The third-order valence-electron chi connectivity index (χ3n) is 2.41. The van der Waals surface area contributed by atoms with Gasteiger partial charge in [0.15, 0.2) is 5.82 Å². The first-order valence-corrected chi connectivity index (χ1v) is 5.47. The van der Waals surface area contributed by atoms with Gasteiger partial charge < -0.3 is 11.1 Å². The van der Waals surface area contributed by atoms with Crippen molar-refractivity contribution in [3.63, 3.8) is 0 Å². The Hall–Kier alpha value is -1.36. The molecule has 1 amide bonds. The van der Waals surface area contributed by atoms with E-state index < -0.39 is 6.04 Å². The Labute approximate surface area is 95.8 Å². The monoisotopic (exact) mass is 224 g/mol. The van der Waals surface area contributed by atoms with E-state index in [1.807, 2.05) is 13.0 Å². The van der Waals surface area contributed by atoms with E-state index in [0.717, 1.165) is 5.69 Å². The highest BCUT2D eigenvalue weighted by molar-refractivity contribution is 5.93. The Bertz CT molecular complexity index is 364. The number of carbonyl (C=O) groups is 1. The van der Waals surface area contributed by atoms with E-state index in [4.69, 9.17) is 5.73 Å². The van der Waals surface area contributed by atoms with Crippen LogP contribution in [0.1, 0.15) is 39.8 Å². The van der Waals surface area contributed by atoms with Gasteiger partial charge in [-0.3, -0.25) is 9.89 Å². The van der Waals surface area contributed by atoms with Crippen LogP contribution in [-0.2, 0) is 10.2 Å². The lowest BCUT2D eigenvalue weighted by Gasteiger charge is -2.14. The Morgan fingerprint density at radius 3 is 2.69 bits per heavy atom. The van der Waals surface area contributed by atoms with E-state index in [-0.39, 0.29) is 11.3 Å². The molecule has 90 valence electrons. The molecule has 16 heavy (non-hydrogen) atoms. The molecule has 1 aromatic rings. The Kier molecular flexibility index (Phi) is 3.70. The summed E-state index contributed by atoms with van der Waals surface area (Å²) in [5.41, 5.74) is 6.58. The van der Waals surface area contributed by atoms with E-state index in [9.17, 15) is 4.79 Å². The van der Waals surface area contributed by atoms with Gasteiger partial charge in [-0.05, 0) is 6.42 Å². The van der Waals surface area contributed by atoms with Crippen LogP contribution in [0.3, 0.4) is 0 Å². The molecule has 0 fully saturated rings. The van der Waals surface area contributed by atoms with Gasteiger partial charge in [0.05, 0.1) is 6.04 Å². The summed E-state index contributed by atoms with van der Waals surface area (Å²) in [7, 11) is 0. The first kappa shape index (κ1) is 12.7. The Balaban J connectivity index is 2.70. The molecule has 5 heteroatoms. The Morgan fingerprint density at radius 1 is 1.62 bits per heavy atom. The first-order valence-electron chi connectivity index (χ1n) is 5.47. The fourth-order valence-electron chi connectivity index (χ4n) is 1.17. The highest BCUT2D eigenvalue weighted by atomic mass is 16.2. The molecule has 0 aliphatic rings. The van der Waals surface area contributed by atoms with Gasteiger partial charge in [0.25, 0.3) is 0 Å². The lowest BCUT2D eigenvalue weighted by Crippen LogP contribution is -2.34. The number of anilines is 1. The van der Waals surface area contributed by atoms with Gasteiger partial charge in [0.1, 0.15) is 0 Å². The highest BCUT2D eigenvalue weighted by Gasteiger charge is 2.18. The summed E-state index contributed by atoms with van der Waals surface area (Å²) in [5, 5.41) is 9.61. The second-order valence-corrected chi connectivity index (χ2v) is 4.92. The van der Waals surface area contributed by atoms with Crippen molar-refractivity contribution in [3.8, 4) is 0 Å². The van der Waals surface area contributed by atoms with Crippen LogP contribution in [0.2, 0.25) is 0 Å². The molecular formula is C11H20N4O. The van der Waals surface area contributed by atoms with E-state index in [1.54, 1.807) is 0 Å². The number of hydrogen-bond donors (Lipinski definition) is 3. The third-order valence-corrected chi connectivity index (χ3v) is 2.41. The number of aromatic nitrogens is 2. The van der Waals surface area contributed by atoms with E-state index >= 15 is 0 Å². The minimum atomic E-state index is -0.477. The molecule has 0 bridgehead atoms. The van der Waals surface area contributed by atoms with Crippen molar-refractivity contribution < 1.29 is 4.79 Å². The third kappa shape index (κ3) is 3.06. The molecule has 1 rings (SSSR count). The van der Waals surface area contributed by atoms with Crippen molar-refractivity contribution >= 4 is 11.7 Å². The summed E-state index contributed by atoms with van der Waals surface area (Å²) in [6.45, 7) is 8.09. The molecule has 1 aromatic heterocycles. The molecule has 0 spiro atoms. The largest absolute Gasteiger partial charge is 0.320 e. The summed E-state index contributed by atoms with van der Waals surface area (Å²) < 4.78 is 0. The smallest absolute Gasteiger partial charge is 0.242 e. The number of rotatable bonds is 3. The minimum absolute atomic E-state index is 0.0111. The van der Waals surface area contributed by atoms with Crippen LogP contribution in [0.4, 0.5) is 5.82 Å². The average molecular weight is 224 g/mol. The quantitative estimate of drug-likeness (QED) is 0.725. The number of nitrogens with two attached hydrogens (primary N) is 1. The predicted octanol–water partition coefficient (Wildman–Crippen LogP) is 1.38. The summed E-state index contributed by atoms with van der Waals surface area (Å²) in [6, 6.07) is 1.36. The number of carbonyl (C=O) groups excluding carboxylic acids is 1. The van der Waals surface area contributed by atoms with Gasteiger partial charge >= 0.3 is 0 Å². The number of nitrogens with zero attached hydrogens (tertiary/aromatic N) is 1. The molecule has 0 aliphatic heterocycles. The van der Waals surface area contributed by atoms with Crippen molar-refractivity contribution in [3.05, 3.63) is 11.8 Å². The van der Waals surface area contributed by atoms with Crippen LogP contribution in [-0.4, -0.2) is 22.1 Å². The average Bonchev–Trinajstić information content (AvgIpc) is 2.64. The van der Waals surface area contributed by atoms with Gasteiger partial charge in [-0.2, -0.15) is 5.10 Å². The van der Waals surface area contributed by atoms with E-state index in [2.05, 4.69) is 36.3 Å². The maximum atomic E-state index is 11.5. The zero-order valence-electron chi connectivity index (χ0n) is 10.3. The molecule has 4 N–H and O–H groups in total. The second kappa shape index (κ2) is 4.65. The van der Waals surface area contributed by atoms with Crippen LogP contribution < -0.4 is 11.1 Å². The number of nitrogens with one attached hydrogen (secondary N) is 2. The minimum Gasteiger partial charge on any atom is -0.320 e. The van der Waals surface area contributed by atoms with Gasteiger partial charge in [-0.1, -0.05) is 27.7 Å². The number of hydrogen-bond acceptors (Lipinski definition) is 3. The molecule has 5 nitrogen and oxygen atoms in total. The lowest BCUT2D eigenvalue weighted by molar-refractivity contribution is -0.117. The van der Waals surface area contributed by atoms with Crippen molar-refractivity contribution in [1.29, 1.82) is 0 Å². The molecular weight excluding hydrogens is 204 g/mol. The van der Waals surface area contributed by atoms with E-state index in [1.165, 1.54) is 0 Å². The zero-order valence-corrected chi connectivity index (χ0v) is 10.3. The predicted molar refractivity (Wildman–Crippen MR) is 64.2 cm³/mol. The maximum absolute atomic E-state index is 11.5. The maximum Gasteiger partial charge on any atom is 0.242 e. The van der Waals surface area contributed by atoms with Gasteiger partial charge in [-0.15, -0.1) is 0 Å². The van der Waals surface area contributed by atoms with Crippen molar-refractivity contribution in [2.24, 2.45) is 5.73 Å². The van der Waals surface area contributed by atoms with Crippen LogP contribution in [0.25, 0.3) is 0 Å². The number of H-pyrrole nitrogens is 1. The number of aromatic amines is 1. The van der Waals surface area contributed by atoms with Gasteiger partial charge in [-0.25, -0.2) is 0 Å². The summed E-state index contributed by atoms with van der Waals surface area (Å²) in [4.78, 5) is 11.5. The summed E-state index contributed by atoms with van der Waals surface area (Å²) in [5.74, 6) is 0.327. The zero-order chi connectivity index (χ0) is 12.3. The highest BCUT2D eigenvalue weighted by Crippen LogP contribution is 2.21. The molecule has 0 radical (unpaired) electrons. The van der Waals surface area contributed by atoms with Gasteiger partial charge in [0, 0.05) is 17.2 Å².